The summed E-state index contributed by atoms with van der Waals surface area (Å²) in [6.07, 6.45) is 0. The van der Waals surface area contributed by atoms with E-state index in [1.54, 1.807) is 0 Å². The molecular formula is C50H32NOP. The molecule has 8 aromatic carbocycles. The molecule has 0 fully saturated rings. The second-order valence-corrected chi connectivity index (χ2v) is 17.2. The van der Waals surface area contributed by atoms with Gasteiger partial charge in [-0.3, -0.25) is 9.24 Å². The van der Waals surface area contributed by atoms with Crippen molar-refractivity contribution in [2.75, 3.05) is 4.67 Å². The van der Waals surface area contributed by atoms with Gasteiger partial charge in [0, 0.05) is 33.6 Å². The fraction of sp³-hybridized carbons (Fsp3) is 0.0400. The third-order valence-electron chi connectivity index (χ3n) is 12.2. The minimum atomic E-state index is -3.32. The Morgan fingerprint density at radius 1 is 0.340 bits per heavy atom. The van der Waals surface area contributed by atoms with Crippen LogP contribution in [0.3, 0.4) is 0 Å². The zero-order valence-corrected chi connectivity index (χ0v) is 29.7. The van der Waals surface area contributed by atoms with Crippen molar-refractivity contribution in [3.63, 3.8) is 0 Å². The van der Waals surface area contributed by atoms with E-state index in [1.165, 1.54) is 55.6 Å². The fourth-order valence-electron chi connectivity index (χ4n) is 10.0. The molecule has 0 saturated heterocycles. The molecule has 8 aromatic rings. The van der Waals surface area contributed by atoms with Crippen LogP contribution in [0, 0.1) is 0 Å². The van der Waals surface area contributed by atoms with Crippen molar-refractivity contribution in [2.24, 2.45) is 0 Å². The summed E-state index contributed by atoms with van der Waals surface area (Å²) in [5.74, 6) is 0.255. The second kappa shape index (κ2) is 10.7. The third kappa shape index (κ3) is 3.81. The summed E-state index contributed by atoms with van der Waals surface area (Å²) in [6, 6.07) is 65.9. The molecule has 2 aliphatic heterocycles. The second-order valence-electron chi connectivity index (χ2n) is 14.7. The molecule has 0 aromatic heterocycles. The summed E-state index contributed by atoms with van der Waals surface area (Å²) in [4.78, 5) is 0. The number of benzene rings is 8. The molecule has 0 unspecified atom stereocenters. The first-order valence-electron chi connectivity index (χ1n) is 18.4. The normalized spacial score (nSPS) is 15.2. The van der Waals surface area contributed by atoms with Gasteiger partial charge in [-0.15, -0.1) is 0 Å². The minimum absolute atomic E-state index is 0.127. The topological polar surface area (TPSA) is 20.3 Å². The smallest absolute Gasteiger partial charge is 0.235 e. The van der Waals surface area contributed by atoms with Gasteiger partial charge in [-0.1, -0.05) is 146 Å². The van der Waals surface area contributed by atoms with Gasteiger partial charge in [0.15, 0.2) is 0 Å². The van der Waals surface area contributed by atoms with Crippen LogP contribution in [0.5, 0.6) is 0 Å². The lowest BCUT2D eigenvalue weighted by Crippen LogP contribution is -2.37. The summed E-state index contributed by atoms with van der Waals surface area (Å²) >= 11 is 0. The van der Waals surface area contributed by atoms with Crippen molar-refractivity contribution in [1.29, 1.82) is 0 Å². The molecule has 0 bridgehead atoms. The Balaban J connectivity index is 1.09. The van der Waals surface area contributed by atoms with Gasteiger partial charge in [0.1, 0.15) is 0 Å². The zero-order valence-electron chi connectivity index (χ0n) is 28.8. The predicted molar refractivity (Wildman–Crippen MR) is 218 cm³/mol. The van der Waals surface area contributed by atoms with Crippen LogP contribution in [-0.4, -0.2) is 0 Å². The van der Waals surface area contributed by atoms with E-state index in [0.29, 0.717) is 0 Å². The Bertz CT molecular complexity index is 2640. The predicted octanol–water partition coefficient (Wildman–Crippen LogP) is 12.0. The molecule has 2 heterocycles. The number of hydrogen-bond acceptors (Lipinski definition) is 1. The van der Waals surface area contributed by atoms with Gasteiger partial charge in [-0.25, -0.2) is 0 Å². The summed E-state index contributed by atoms with van der Waals surface area (Å²) in [5.41, 5.74) is 19.4. The maximum absolute atomic E-state index is 16.2. The summed E-state index contributed by atoms with van der Waals surface area (Å²) in [5, 5.41) is 1.80. The molecule has 0 atom stereocenters. The molecule has 3 heteroatoms. The van der Waals surface area contributed by atoms with E-state index >= 15 is 4.57 Å². The van der Waals surface area contributed by atoms with Crippen LogP contribution >= 0.6 is 7.29 Å². The van der Waals surface area contributed by atoms with Crippen molar-refractivity contribution >= 4 is 29.3 Å². The Morgan fingerprint density at radius 3 is 1.04 bits per heavy atom. The average Bonchev–Trinajstić information content (AvgIpc) is 3.74. The Hall–Kier alpha value is -6.21. The number of anilines is 2. The van der Waals surface area contributed by atoms with E-state index in [2.05, 4.69) is 175 Å². The van der Waals surface area contributed by atoms with Gasteiger partial charge in [-0.2, -0.15) is 0 Å². The van der Waals surface area contributed by atoms with Crippen LogP contribution in [-0.2, 0) is 4.57 Å². The minimum Gasteiger partial charge on any atom is -0.289 e. The Morgan fingerprint density at radius 2 is 0.660 bits per heavy atom. The Labute approximate surface area is 309 Å². The lowest BCUT2D eigenvalue weighted by Gasteiger charge is -2.44. The van der Waals surface area contributed by atoms with Crippen LogP contribution < -0.4 is 15.3 Å². The molecule has 4 aliphatic rings. The highest BCUT2D eigenvalue weighted by Crippen LogP contribution is 2.66. The van der Waals surface area contributed by atoms with E-state index in [1.807, 2.05) is 12.1 Å². The van der Waals surface area contributed by atoms with Crippen LogP contribution in [0.25, 0.3) is 44.5 Å². The SMILES string of the molecule is O=P12c3ccccc3-c3cc(C4c5ccccc5-c5ccccc54)ccc3N1c1ccc(C3c4ccccc4-c4ccccc43)cc1-c1ccccc12. The number of rotatable bonds is 2. The van der Waals surface area contributed by atoms with Crippen molar-refractivity contribution in [3.05, 3.63) is 215 Å². The van der Waals surface area contributed by atoms with Crippen LogP contribution in [0.2, 0.25) is 0 Å². The molecule has 0 amide bonds. The van der Waals surface area contributed by atoms with E-state index in [-0.39, 0.29) is 11.8 Å². The highest BCUT2D eigenvalue weighted by Gasteiger charge is 2.48. The monoisotopic (exact) mass is 693 g/mol. The lowest BCUT2D eigenvalue weighted by molar-refractivity contribution is 0.586. The first-order chi connectivity index (χ1) is 26.2. The van der Waals surface area contributed by atoms with Crippen molar-refractivity contribution in [3.8, 4) is 44.5 Å². The van der Waals surface area contributed by atoms with Gasteiger partial charge in [0.05, 0.1) is 11.4 Å². The third-order valence-corrected chi connectivity index (χ3v) is 15.2. The molecular weight excluding hydrogens is 662 g/mol. The molecule has 0 saturated carbocycles. The molecule has 0 N–H and O–H groups in total. The molecule has 2 nitrogen and oxygen atoms in total. The summed E-state index contributed by atoms with van der Waals surface area (Å²) in [7, 11) is -3.32. The lowest BCUT2D eigenvalue weighted by atomic mass is 9.86. The van der Waals surface area contributed by atoms with Crippen LogP contribution in [0.4, 0.5) is 11.4 Å². The molecule has 0 spiro atoms. The van der Waals surface area contributed by atoms with Crippen molar-refractivity contribution in [2.45, 2.75) is 11.8 Å². The number of nitrogens with zero attached hydrogens (tertiary/aromatic N) is 1. The average molecular weight is 694 g/mol. The maximum Gasteiger partial charge on any atom is 0.235 e. The van der Waals surface area contributed by atoms with Gasteiger partial charge in [0.2, 0.25) is 7.29 Å². The highest BCUT2D eigenvalue weighted by atomic mass is 31.2. The summed E-state index contributed by atoms with van der Waals surface area (Å²) < 4.78 is 18.5. The van der Waals surface area contributed by atoms with Crippen LogP contribution in [0.15, 0.2) is 182 Å². The fourth-order valence-corrected chi connectivity index (χ4v) is 13.3. The maximum atomic E-state index is 16.2. The molecule has 53 heavy (non-hydrogen) atoms. The number of hydrogen-bond donors (Lipinski definition) is 0. The van der Waals surface area contributed by atoms with E-state index < -0.39 is 7.29 Å². The quantitative estimate of drug-likeness (QED) is 0.168. The van der Waals surface area contributed by atoms with Gasteiger partial charge < -0.3 is 0 Å². The molecule has 2 aliphatic carbocycles. The summed E-state index contributed by atoms with van der Waals surface area (Å²) in [6.45, 7) is 0. The number of fused-ring (bicyclic) bond motifs is 17. The molecule has 248 valence electrons. The first kappa shape index (κ1) is 29.4. The van der Waals surface area contributed by atoms with E-state index in [0.717, 1.165) is 44.2 Å². The van der Waals surface area contributed by atoms with Gasteiger partial charge in [-0.05, 0) is 103 Å². The standard InChI is InChI=1S/C50H32NOP/c52-53-47-23-11-9-17-37(47)43-29-31(49-39-19-5-1-13-33(39)34-14-2-6-20-40(34)49)25-27-45(43)51(53)46-28-26-32(30-44(46)38-18-10-12-24-48(38)53)50-41-21-7-3-15-35(41)36-16-4-8-22-42(36)50/h1-30,49-50H. The molecule has 0 radical (unpaired) electrons. The Kier molecular flexibility index (Phi) is 5.91. The van der Waals surface area contributed by atoms with Gasteiger partial charge >= 0.3 is 0 Å². The highest BCUT2D eigenvalue weighted by molar-refractivity contribution is 7.81. The van der Waals surface area contributed by atoms with Gasteiger partial charge in [0.25, 0.3) is 0 Å². The van der Waals surface area contributed by atoms with E-state index in [4.69, 9.17) is 0 Å². The molecule has 12 rings (SSSR count). The van der Waals surface area contributed by atoms with Crippen molar-refractivity contribution in [1.82, 2.24) is 0 Å². The van der Waals surface area contributed by atoms with E-state index in [9.17, 15) is 0 Å². The zero-order chi connectivity index (χ0) is 34.8. The first-order valence-corrected chi connectivity index (χ1v) is 20.1. The van der Waals surface area contributed by atoms with Crippen molar-refractivity contribution < 1.29 is 4.57 Å². The van der Waals surface area contributed by atoms with Crippen LogP contribution in [0.1, 0.15) is 45.2 Å². The largest absolute Gasteiger partial charge is 0.289 e.